The van der Waals surface area contributed by atoms with Gasteiger partial charge in [0.1, 0.15) is 11.6 Å². The molecule has 0 heterocycles. The average Bonchev–Trinajstić information content (AvgIpc) is 2.36. The maximum absolute atomic E-state index is 11.7. The van der Waals surface area contributed by atoms with Gasteiger partial charge in [-0.05, 0) is 23.1 Å². The Balaban J connectivity index is 2.83. The number of halogens is 1. The number of amides is 2. The molecular weight excluding hydrogens is 266 g/mol. The molecule has 0 aliphatic heterocycles. The maximum atomic E-state index is 11.7. The van der Waals surface area contributed by atoms with Crippen LogP contribution >= 0.6 is 11.6 Å². The summed E-state index contributed by atoms with van der Waals surface area (Å²) >= 11 is 5.38. The Morgan fingerprint density at radius 2 is 1.95 bits per heavy atom. The molecule has 0 aliphatic carbocycles. The molecule has 104 valence electrons. The smallest absolute Gasteiger partial charge is 0.410 e. The lowest BCUT2D eigenvalue weighted by Crippen LogP contribution is -2.36. The lowest BCUT2D eigenvalue weighted by Gasteiger charge is -2.20. The molecule has 0 bridgehead atoms. The molecule has 0 aromatic heterocycles. The third kappa shape index (κ3) is 4.24. The molecule has 0 N–H and O–H groups in total. The van der Waals surface area contributed by atoms with Crippen molar-refractivity contribution in [2.75, 3.05) is 12.9 Å². The molecule has 1 aromatic rings. The molecular formula is C14H18ClNO3. The zero-order valence-electron chi connectivity index (χ0n) is 11.6. The Morgan fingerprint density at radius 3 is 2.47 bits per heavy atom. The minimum atomic E-state index is -0.739. The van der Waals surface area contributed by atoms with Gasteiger partial charge in [0.25, 0.3) is 0 Å². The van der Waals surface area contributed by atoms with E-state index < -0.39 is 12.0 Å². The van der Waals surface area contributed by atoms with E-state index in [0.717, 1.165) is 10.5 Å². The average molecular weight is 284 g/mol. The van der Waals surface area contributed by atoms with E-state index in [4.69, 9.17) is 16.3 Å². The van der Waals surface area contributed by atoms with Crippen LogP contribution in [0.15, 0.2) is 24.3 Å². The number of hydrogen-bond donors (Lipinski definition) is 0. The van der Waals surface area contributed by atoms with E-state index in [1.807, 2.05) is 12.1 Å². The van der Waals surface area contributed by atoms with Gasteiger partial charge in [-0.1, -0.05) is 32.9 Å². The Labute approximate surface area is 118 Å². The Kier molecular flexibility index (Phi) is 4.95. The van der Waals surface area contributed by atoms with Crippen LogP contribution in [-0.4, -0.2) is 29.8 Å². The molecule has 0 spiro atoms. The van der Waals surface area contributed by atoms with Crippen LogP contribution in [0.1, 0.15) is 26.3 Å². The van der Waals surface area contributed by atoms with E-state index in [1.54, 1.807) is 12.1 Å². The van der Waals surface area contributed by atoms with Crippen LogP contribution in [0.3, 0.4) is 0 Å². The summed E-state index contributed by atoms with van der Waals surface area (Å²) in [5, 5.41) is 0. The topological polar surface area (TPSA) is 46.6 Å². The lowest BCUT2D eigenvalue weighted by molar-refractivity contribution is -0.125. The lowest BCUT2D eigenvalue weighted by atomic mass is 9.87. The van der Waals surface area contributed by atoms with Crippen LogP contribution < -0.4 is 4.74 Å². The number of hydrogen-bond acceptors (Lipinski definition) is 3. The molecule has 1 rings (SSSR count). The molecule has 0 radical (unpaired) electrons. The molecule has 4 nitrogen and oxygen atoms in total. The zero-order valence-corrected chi connectivity index (χ0v) is 12.3. The molecule has 0 fully saturated rings. The second kappa shape index (κ2) is 6.06. The van der Waals surface area contributed by atoms with Gasteiger partial charge in [0.05, 0.1) is 0 Å². The Bertz CT molecular complexity index is 480. The van der Waals surface area contributed by atoms with Gasteiger partial charge in [-0.2, -0.15) is 0 Å². The Morgan fingerprint density at radius 1 is 1.32 bits per heavy atom. The predicted octanol–water partition coefficient (Wildman–Crippen LogP) is 3.18. The van der Waals surface area contributed by atoms with Crippen molar-refractivity contribution in [1.29, 1.82) is 0 Å². The van der Waals surface area contributed by atoms with Crippen LogP contribution in [-0.2, 0) is 10.2 Å². The molecule has 0 atom stereocenters. The standard InChI is InChI=1S/C14H18ClNO3/c1-14(2,3)10-6-5-7-11(8-10)19-13(18)16(4)12(17)9-15/h5-8H,9H2,1-4H3. The van der Waals surface area contributed by atoms with Gasteiger partial charge in [-0.15, -0.1) is 11.6 Å². The summed E-state index contributed by atoms with van der Waals surface area (Å²) in [6.07, 6.45) is -0.739. The summed E-state index contributed by atoms with van der Waals surface area (Å²) in [5.41, 5.74) is 1.00. The monoisotopic (exact) mass is 283 g/mol. The van der Waals surface area contributed by atoms with Crippen molar-refractivity contribution in [3.8, 4) is 5.75 Å². The van der Waals surface area contributed by atoms with Crippen LogP contribution in [0.2, 0.25) is 0 Å². The fourth-order valence-electron chi connectivity index (χ4n) is 1.39. The first-order valence-corrected chi connectivity index (χ1v) is 6.44. The third-order valence-electron chi connectivity index (χ3n) is 2.67. The first-order valence-electron chi connectivity index (χ1n) is 5.90. The van der Waals surface area contributed by atoms with Crippen molar-refractivity contribution in [3.63, 3.8) is 0 Å². The van der Waals surface area contributed by atoms with Gasteiger partial charge in [0.2, 0.25) is 5.91 Å². The number of carbonyl (C=O) groups is 2. The van der Waals surface area contributed by atoms with Crippen LogP contribution in [0.4, 0.5) is 4.79 Å². The van der Waals surface area contributed by atoms with Crippen molar-refractivity contribution < 1.29 is 14.3 Å². The quantitative estimate of drug-likeness (QED) is 0.783. The molecule has 1 aromatic carbocycles. The van der Waals surface area contributed by atoms with Crippen molar-refractivity contribution in [3.05, 3.63) is 29.8 Å². The van der Waals surface area contributed by atoms with Crippen molar-refractivity contribution in [2.24, 2.45) is 0 Å². The maximum Gasteiger partial charge on any atom is 0.421 e. The first-order chi connectivity index (χ1) is 8.75. The Hall–Kier alpha value is -1.55. The third-order valence-corrected chi connectivity index (χ3v) is 2.90. The summed E-state index contributed by atoms with van der Waals surface area (Å²) in [6.45, 7) is 6.20. The summed E-state index contributed by atoms with van der Waals surface area (Å²) in [6, 6.07) is 7.24. The van der Waals surface area contributed by atoms with Gasteiger partial charge < -0.3 is 4.74 Å². The molecule has 0 unspecified atom stereocenters. The largest absolute Gasteiger partial charge is 0.421 e. The summed E-state index contributed by atoms with van der Waals surface area (Å²) in [5.74, 6) is -0.349. The van der Waals surface area contributed by atoms with Gasteiger partial charge in [0.15, 0.2) is 0 Å². The predicted molar refractivity (Wildman–Crippen MR) is 74.7 cm³/mol. The zero-order chi connectivity index (χ0) is 14.6. The highest BCUT2D eigenvalue weighted by molar-refractivity contribution is 6.28. The highest BCUT2D eigenvalue weighted by Crippen LogP contribution is 2.25. The molecule has 5 heteroatoms. The van der Waals surface area contributed by atoms with E-state index in [9.17, 15) is 9.59 Å². The summed E-state index contributed by atoms with van der Waals surface area (Å²) < 4.78 is 5.14. The number of imide groups is 1. The number of alkyl halides is 1. The number of ether oxygens (including phenoxy) is 1. The molecule has 2 amide bonds. The first kappa shape index (κ1) is 15.5. The molecule has 0 saturated carbocycles. The number of rotatable bonds is 2. The van der Waals surface area contributed by atoms with Crippen LogP contribution in [0, 0.1) is 0 Å². The normalized spacial score (nSPS) is 11.0. The van der Waals surface area contributed by atoms with Gasteiger partial charge in [0, 0.05) is 7.05 Å². The van der Waals surface area contributed by atoms with Gasteiger partial charge in [-0.25, -0.2) is 9.69 Å². The number of benzene rings is 1. The van der Waals surface area contributed by atoms with Gasteiger partial charge >= 0.3 is 6.09 Å². The van der Waals surface area contributed by atoms with Gasteiger partial charge in [-0.3, -0.25) is 4.79 Å². The highest BCUT2D eigenvalue weighted by Gasteiger charge is 2.19. The van der Waals surface area contributed by atoms with Crippen LogP contribution in [0.5, 0.6) is 5.75 Å². The summed E-state index contributed by atoms with van der Waals surface area (Å²) in [4.78, 5) is 23.8. The number of nitrogens with zero attached hydrogens (tertiary/aromatic N) is 1. The summed E-state index contributed by atoms with van der Waals surface area (Å²) in [7, 11) is 1.33. The van der Waals surface area contributed by atoms with E-state index >= 15 is 0 Å². The fourth-order valence-corrected chi connectivity index (χ4v) is 1.57. The molecule has 19 heavy (non-hydrogen) atoms. The van der Waals surface area contributed by atoms with E-state index in [-0.39, 0.29) is 11.3 Å². The highest BCUT2D eigenvalue weighted by atomic mass is 35.5. The number of carbonyl (C=O) groups excluding carboxylic acids is 2. The van der Waals surface area contributed by atoms with Crippen molar-refractivity contribution in [2.45, 2.75) is 26.2 Å². The minimum absolute atomic E-state index is 0.0414. The van der Waals surface area contributed by atoms with E-state index in [1.165, 1.54) is 7.05 Å². The fraction of sp³-hybridized carbons (Fsp3) is 0.429. The molecule has 0 aliphatic rings. The van der Waals surface area contributed by atoms with E-state index in [2.05, 4.69) is 20.8 Å². The van der Waals surface area contributed by atoms with Crippen molar-refractivity contribution in [1.82, 2.24) is 4.90 Å². The van der Waals surface area contributed by atoms with E-state index in [0.29, 0.717) is 5.75 Å². The minimum Gasteiger partial charge on any atom is -0.410 e. The van der Waals surface area contributed by atoms with Crippen molar-refractivity contribution >= 4 is 23.6 Å². The second-order valence-corrected chi connectivity index (χ2v) is 5.50. The SMILES string of the molecule is CN(C(=O)CCl)C(=O)Oc1cccc(C(C)(C)C)c1. The molecule has 0 saturated heterocycles. The van der Waals surface area contributed by atoms with Crippen LogP contribution in [0.25, 0.3) is 0 Å². The second-order valence-electron chi connectivity index (χ2n) is 5.23.